The number of nitrogens with one attached hydrogen (secondary N) is 1. The van der Waals surface area contributed by atoms with Gasteiger partial charge in [-0.25, -0.2) is 0 Å². The molecule has 0 atom stereocenters. The van der Waals surface area contributed by atoms with Crippen molar-refractivity contribution in [3.8, 4) is 0 Å². The number of hydrogen-bond donors (Lipinski definition) is 1. The first kappa shape index (κ1) is 20.6. The number of anilines is 1. The fourth-order valence-electron chi connectivity index (χ4n) is 6.21. The van der Waals surface area contributed by atoms with E-state index in [9.17, 15) is 4.79 Å². The Kier molecular flexibility index (Phi) is 6.41. The molecule has 4 aliphatic rings. The fourth-order valence-corrected chi connectivity index (χ4v) is 6.66. The lowest BCUT2D eigenvalue weighted by Gasteiger charge is -2.60. The van der Waals surface area contributed by atoms with Crippen molar-refractivity contribution in [2.24, 2.45) is 17.8 Å². The highest BCUT2D eigenvalue weighted by Gasteiger charge is 2.52. The molecule has 154 valence electrons. The van der Waals surface area contributed by atoms with Crippen molar-refractivity contribution in [3.63, 3.8) is 0 Å². The zero-order valence-corrected chi connectivity index (χ0v) is 18.8. The molecule has 2 aromatic carbocycles. The Morgan fingerprint density at radius 2 is 1.62 bits per heavy atom. The van der Waals surface area contributed by atoms with Crippen LogP contribution in [0.5, 0.6) is 0 Å². The molecule has 3 nitrogen and oxygen atoms in total. The van der Waals surface area contributed by atoms with Crippen LogP contribution in [-0.4, -0.2) is 23.9 Å². The minimum atomic E-state index is 0.525. The Bertz CT molecular complexity index is 787. The van der Waals surface area contributed by atoms with Crippen molar-refractivity contribution in [1.82, 2.24) is 4.90 Å². The molecule has 4 bridgehead atoms. The lowest BCUT2D eigenvalue weighted by molar-refractivity contribution is -0.105. The first-order valence-electron chi connectivity index (χ1n) is 10.8. The number of para-hydroxylation sites is 1. The van der Waals surface area contributed by atoms with E-state index in [1.807, 2.05) is 30.3 Å². The number of carbonyl (C=O) groups is 1. The predicted molar refractivity (Wildman–Crippen MR) is 123 cm³/mol. The van der Waals surface area contributed by atoms with Crippen LogP contribution in [-0.2, 0) is 11.3 Å². The molecule has 4 aliphatic carbocycles. The van der Waals surface area contributed by atoms with Crippen LogP contribution in [0.25, 0.3) is 0 Å². The number of halogens is 1. The maximum atomic E-state index is 9.86. The first-order chi connectivity index (χ1) is 14.1. The van der Waals surface area contributed by atoms with E-state index in [-0.39, 0.29) is 0 Å². The first-order valence-corrected chi connectivity index (χ1v) is 11.6. The summed E-state index contributed by atoms with van der Waals surface area (Å²) in [7, 11) is 2.37. The van der Waals surface area contributed by atoms with Crippen molar-refractivity contribution in [3.05, 3.63) is 64.6 Å². The van der Waals surface area contributed by atoms with Gasteiger partial charge >= 0.3 is 0 Å². The summed E-state index contributed by atoms with van der Waals surface area (Å²) in [6.07, 6.45) is 9.64. The molecule has 1 amide bonds. The van der Waals surface area contributed by atoms with Gasteiger partial charge in [0.05, 0.1) is 0 Å². The summed E-state index contributed by atoms with van der Waals surface area (Å²) in [6, 6.07) is 18.1. The van der Waals surface area contributed by atoms with Crippen LogP contribution in [0, 0.1) is 17.8 Å². The van der Waals surface area contributed by atoms with Crippen LogP contribution < -0.4 is 5.32 Å². The highest BCUT2D eigenvalue weighted by atomic mass is 79.9. The molecule has 0 unspecified atom stereocenters. The molecule has 0 saturated heterocycles. The molecule has 1 N–H and O–H groups in total. The lowest BCUT2D eigenvalue weighted by Crippen LogP contribution is -2.58. The Balaban J connectivity index is 0.000000192. The number of hydrogen-bond acceptors (Lipinski definition) is 2. The van der Waals surface area contributed by atoms with Crippen LogP contribution in [0.2, 0.25) is 0 Å². The van der Waals surface area contributed by atoms with Crippen molar-refractivity contribution < 1.29 is 4.79 Å². The van der Waals surface area contributed by atoms with E-state index >= 15 is 0 Å². The summed E-state index contributed by atoms with van der Waals surface area (Å²) < 4.78 is 1.20. The average molecular weight is 455 g/mol. The molecule has 4 saturated carbocycles. The van der Waals surface area contributed by atoms with Gasteiger partial charge < -0.3 is 5.32 Å². The van der Waals surface area contributed by atoms with Crippen LogP contribution in [0.3, 0.4) is 0 Å². The van der Waals surface area contributed by atoms with Gasteiger partial charge in [0.25, 0.3) is 0 Å². The average Bonchev–Trinajstić information content (AvgIpc) is 2.69. The molecule has 4 heteroatoms. The quantitative estimate of drug-likeness (QED) is 0.552. The summed E-state index contributed by atoms with van der Waals surface area (Å²) in [5.74, 6) is 3.10. The number of amides is 1. The zero-order chi connectivity index (χ0) is 20.3. The molecule has 4 fully saturated rings. The van der Waals surface area contributed by atoms with E-state index < -0.39 is 0 Å². The van der Waals surface area contributed by atoms with Crippen molar-refractivity contribution in [2.75, 3.05) is 12.4 Å². The predicted octanol–water partition coefficient (Wildman–Crippen LogP) is 6.10. The lowest BCUT2D eigenvalue weighted by atomic mass is 9.52. The Labute approximate surface area is 183 Å². The number of nitrogens with zero attached hydrogens (tertiary/aromatic N) is 1. The zero-order valence-electron chi connectivity index (χ0n) is 17.2. The molecular formula is C25H31BrN2O. The van der Waals surface area contributed by atoms with Gasteiger partial charge in [0.15, 0.2) is 0 Å². The van der Waals surface area contributed by atoms with Gasteiger partial charge in [-0.15, -0.1) is 0 Å². The van der Waals surface area contributed by atoms with E-state index in [4.69, 9.17) is 0 Å². The highest BCUT2D eigenvalue weighted by Crippen LogP contribution is 2.57. The van der Waals surface area contributed by atoms with Crippen molar-refractivity contribution >= 4 is 28.0 Å². The molecule has 0 spiro atoms. The normalized spacial score (nSPS) is 29.3. The third-order valence-corrected chi connectivity index (χ3v) is 7.62. The second kappa shape index (κ2) is 9.01. The summed E-state index contributed by atoms with van der Waals surface area (Å²) in [5.41, 5.74) is 2.79. The Morgan fingerprint density at radius 1 is 1.00 bits per heavy atom. The third-order valence-electron chi connectivity index (χ3n) is 7.12. The maximum Gasteiger partial charge on any atom is 0.211 e. The maximum absolute atomic E-state index is 9.86. The molecule has 0 aliphatic heterocycles. The van der Waals surface area contributed by atoms with Crippen molar-refractivity contribution in [1.29, 1.82) is 0 Å². The van der Waals surface area contributed by atoms with E-state index in [1.54, 1.807) is 0 Å². The summed E-state index contributed by atoms with van der Waals surface area (Å²) in [5, 5.41) is 2.53. The SMILES string of the molecule is CN(Cc1cccc(Br)c1)C12CC3CC(CC(C3)C1)C2.O=CNc1ccccc1. The van der Waals surface area contributed by atoms with Crippen LogP contribution in [0.4, 0.5) is 5.69 Å². The Morgan fingerprint density at radius 3 is 2.17 bits per heavy atom. The van der Waals surface area contributed by atoms with Crippen LogP contribution in [0.15, 0.2) is 59.1 Å². The standard InChI is InChI=1S/C18H24BrN.C7H7NO/c1-20(12-13-3-2-4-17(19)8-13)18-9-14-5-15(10-18)7-16(6-14)11-18;9-6-8-7-4-2-1-3-5-7/h2-4,8,14-16H,5-7,9-12H2,1H3;1-6H,(H,8,9). The van der Waals surface area contributed by atoms with Gasteiger partial charge in [-0.05, 0) is 93.2 Å². The summed E-state index contributed by atoms with van der Waals surface area (Å²) in [4.78, 5) is 12.6. The molecule has 2 aromatic rings. The molecule has 0 aromatic heterocycles. The Hall–Kier alpha value is -1.65. The molecule has 6 rings (SSSR count). The van der Waals surface area contributed by atoms with Gasteiger partial charge in [-0.2, -0.15) is 0 Å². The van der Waals surface area contributed by atoms with E-state index in [1.165, 1.54) is 48.6 Å². The number of rotatable bonds is 5. The van der Waals surface area contributed by atoms with Gasteiger partial charge in [-0.1, -0.05) is 46.3 Å². The number of benzene rings is 2. The van der Waals surface area contributed by atoms with Crippen molar-refractivity contribution in [2.45, 2.75) is 50.6 Å². The minimum absolute atomic E-state index is 0.525. The fraction of sp³-hybridized carbons (Fsp3) is 0.480. The highest BCUT2D eigenvalue weighted by molar-refractivity contribution is 9.10. The van der Waals surface area contributed by atoms with Crippen LogP contribution >= 0.6 is 15.9 Å². The molecule has 29 heavy (non-hydrogen) atoms. The van der Waals surface area contributed by atoms with E-state index in [0.29, 0.717) is 11.9 Å². The second-order valence-electron chi connectivity index (χ2n) is 9.26. The van der Waals surface area contributed by atoms with Crippen LogP contribution in [0.1, 0.15) is 44.1 Å². The van der Waals surface area contributed by atoms with Gasteiger partial charge in [0, 0.05) is 22.2 Å². The molecule has 0 heterocycles. The van der Waals surface area contributed by atoms with E-state index in [0.717, 1.165) is 30.0 Å². The van der Waals surface area contributed by atoms with Gasteiger partial charge in [0.2, 0.25) is 6.41 Å². The molecular weight excluding hydrogens is 424 g/mol. The third kappa shape index (κ3) is 4.92. The summed E-state index contributed by atoms with van der Waals surface area (Å²) in [6.45, 7) is 1.10. The molecule has 0 radical (unpaired) electrons. The second-order valence-corrected chi connectivity index (χ2v) is 10.2. The van der Waals surface area contributed by atoms with Gasteiger partial charge in [-0.3, -0.25) is 9.69 Å². The smallest absolute Gasteiger partial charge is 0.211 e. The topological polar surface area (TPSA) is 32.3 Å². The minimum Gasteiger partial charge on any atom is -0.329 e. The largest absolute Gasteiger partial charge is 0.329 e. The van der Waals surface area contributed by atoms with E-state index in [2.05, 4.69) is 57.5 Å². The van der Waals surface area contributed by atoms with Gasteiger partial charge in [0.1, 0.15) is 0 Å². The summed E-state index contributed by atoms with van der Waals surface area (Å²) >= 11 is 3.60. The monoisotopic (exact) mass is 454 g/mol. The number of carbonyl (C=O) groups excluding carboxylic acids is 1.